The number of alkyl halides is 3. The fourth-order valence-corrected chi connectivity index (χ4v) is 2.21. The van der Waals surface area contributed by atoms with Crippen molar-refractivity contribution in [3.05, 3.63) is 40.4 Å². The van der Waals surface area contributed by atoms with Gasteiger partial charge in [0, 0.05) is 16.7 Å². The number of nitrogen functional groups attached to an aromatic ring is 1. The summed E-state index contributed by atoms with van der Waals surface area (Å²) in [4.78, 5) is 4.02. The average Bonchev–Trinajstić information content (AvgIpc) is 2.93. The molecule has 0 bridgehead atoms. The van der Waals surface area contributed by atoms with E-state index in [4.69, 9.17) is 22.1 Å². The highest BCUT2D eigenvalue weighted by atomic mass is 35.5. The van der Waals surface area contributed by atoms with E-state index in [0.29, 0.717) is 17.3 Å². The molecule has 0 spiro atoms. The summed E-state index contributed by atoms with van der Waals surface area (Å²) in [7, 11) is 0. The molecule has 3 rings (SSSR count). The zero-order valence-corrected chi connectivity index (χ0v) is 12.2. The van der Waals surface area contributed by atoms with E-state index >= 15 is 0 Å². The van der Waals surface area contributed by atoms with Gasteiger partial charge in [-0.25, -0.2) is 4.98 Å². The van der Waals surface area contributed by atoms with E-state index in [1.54, 1.807) is 0 Å². The van der Waals surface area contributed by atoms with Crippen molar-refractivity contribution in [3.8, 4) is 5.75 Å². The molecule has 23 heavy (non-hydrogen) atoms. The number of ether oxygens (including phenoxy) is 1. The monoisotopic (exact) mass is 345 g/mol. The van der Waals surface area contributed by atoms with Crippen LogP contribution in [0.5, 0.6) is 5.75 Å². The second-order valence-corrected chi connectivity index (χ2v) is 5.14. The Labute approximate surface area is 133 Å². The van der Waals surface area contributed by atoms with Gasteiger partial charge in [0.1, 0.15) is 18.1 Å². The van der Waals surface area contributed by atoms with Crippen LogP contribution in [0.15, 0.2) is 24.3 Å². The summed E-state index contributed by atoms with van der Waals surface area (Å²) in [5.74, 6) is 0.959. The first-order valence-corrected chi connectivity index (χ1v) is 6.78. The first kappa shape index (κ1) is 15.5. The smallest absolute Gasteiger partial charge is 0.416 e. The van der Waals surface area contributed by atoms with Gasteiger partial charge in [0.2, 0.25) is 0 Å². The number of anilines is 3. The highest BCUT2D eigenvalue weighted by Crippen LogP contribution is 2.36. The fraction of sp³-hybridized carbons (Fsp3) is 0.154. The molecule has 122 valence electrons. The molecule has 0 atom stereocenters. The topological polar surface area (TPSA) is 84.2 Å². The number of hydrazine groups is 2. The minimum absolute atomic E-state index is 0.152. The lowest BCUT2D eigenvalue weighted by Crippen LogP contribution is -2.19. The molecule has 5 N–H and O–H groups in total. The maximum absolute atomic E-state index is 12.8. The van der Waals surface area contributed by atoms with Gasteiger partial charge in [0.15, 0.2) is 11.6 Å². The Morgan fingerprint density at radius 1 is 1.22 bits per heavy atom. The molecule has 1 aliphatic rings. The van der Waals surface area contributed by atoms with Gasteiger partial charge in [0.25, 0.3) is 0 Å². The fourth-order valence-electron chi connectivity index (χ4n) is 2.04. The Hall–Kier alpha value is -2.39. The molecule has 0 saturated carbocycles. The number of rotatable bonds is 3. The van der Waals surface area contributed by atoms with E-state index < -0.39 is 11.7 Å². The number of nitrogens with zero attached hydrogens (tertiary/aromatic N) is 1. The Morgan fingerprint density at radius 2 is 2.00 bits per heavy atom. The van der Waals surface area contributed by atoms with Crippen molar-refractivity contribution in [1.29, 1.82) is 0 Å². The predicted octanol–water partition coefficient (Wildman–Crippen LogP) is 3.17. The van der Waals surface area contributed by atoms with E-state index in [9.17, 15) is 13.2 Å². The van der Waals surface area contributed by atoms with E-state index in [0.717, 1.165) is 12.1 Å². The molecule has 0 unspecified atom stereocenters. The van der Waals surface area contributed by atoms with Crippen molar-refractivity contribution in [2.45, 2.75) is 12.8 Å². The number of nitrogens with one attached hydrogen (secondary N) is 3. The van der Waals surface area contributed by atoms with E-state index in [1.165, 1.54) is 12.1 Å². The van der Waals surface area contributed by atoms with Crippen molar-refractivity contribution in [2.24, 2.45) is 0 Å². The summed E-state index contributed by atoms with van der Waals surface area (Å²) in [6, 6.07) is 4.53. The number of aromatic nitrogens is 1. The zero-order valence-electron chi connectivity index (χ0n) is 11.5. The zero-order chi connectivity index (χ0) is 16.6. The number of fused-ring (bicyclic) bond motifs is 1. The van der Waals surface area contributed by atoms with Gasteiger partial charge >= 0.3 is 6.18 Å². The summed E-state index contributed by atoms with van der Waals surface area (Å²) < 4.78 is 43.8. The minimum atomic E-state index is -4.45. The van der Waals surface area contributed by atoms with Crippen LogP contribution in [0.4, 0.5) is 30.5 Å². The van der Waals surface area contributed by atoms with Crippen LogP contribution in [0.25, 0.3) is 0 Å². The standard InChI is InChI=1S/C13H11ClF3N5O/c14-8-2-1-7(13(15,16)17)3-6(8)5-23-9-4-10(18)19-12-11(9)20-22-21-12/h1-4,20,22H,5H2,(H3,18,19,21). The number of benzene rings is 1. The van der Waals surface area contributed by atoms with E-state index in [1.807, 2.05) is 0 Å². The molecular weight excluding hydrogens is 335 g/mol. The van der Waals surface area contributed by atoms with Gasteiger partial charge in [-0.05, 0) is 18.2 Å². The molecule has 0 aliphatic carbocycles. The highest BCUT2D eigenvalue weighted by Gasteiger charge is 2.31. The van der Waals surface area contributed by atoms with Gasteiger partial charge in [0.05, 0.1) is 5.56 Å². The van der Waals surface area contributed by atoms with Crippen LogP contribution < -0.4 is 26.9 Å². The van der Waals surface area contributed by atoms with Gasteiger partial charge in [-0.1, -0.05) is 11.6 Å². The maximum Gasteiger partial charge on any atom is 0.416 e. The number of halogens is 4. The molecule has 2 heterocycles. The SMILES string of the molecule is Nc1cc(OCc2cc(C(F)(F)F)ccc2Cl)c2c(n1)NNN2. The van der Waals surface area contributed by atoms with Gasteiger partial charge in [-0.3, -0.25) is 10.9 Å². The normalized spacial score (nSPS) is 13.2. The molecule has 2 aromatic rings. The first-order chi connectivity index (χ1) is 10.8. The molecule has 10 heteroatoms. The Bertz CT molecular complexity index is 753. The maximum atomic E-state index is 12.8. The second-order valence-electron chi connectivity index (χ2n) is 4.74. The third kappa shape index (κ3) is 3.20. The van der Waals surface area contributed by atoms with Crippen molar-refractivity contribution in [3.63, 3.8) is 0 Å². The molecule has 0 amide bonds. The van der Waals surface area contributed by atoms with Crippen LogP contribution in [0.3, 0.4) is 0 Å². The summed E-state index contributed by atoms with van der Waals surface area (Å²) >= 11 is 5.94. The molecule has 1 aliphatic heterocycles. The van der Waals surface area contributed by atoms with Crippen molar-refractivity contribution < 1.29 is 17.9 Å². The molecular formula is C13H11ClF3N5O. The number of nitrogens with two attached hydrogens (primary N) is 1. The van der Waals surface area contributed by atoms with Gasteiger partial charge in [-0.15, -0.1) is 5.53 Å². The van der Waals surface area contributed by atoms with Gasteiger partial charge < -0.3 is 10.5 Å². The Morgan fingerprint density at radius 3 is 2.74 bits per heavy atom. The quantitative estimate of drug-likeness (QED) is 0.684. The van der Waals surface area contributed by atoms with Crippen molar-refractivity contribution in [2.75, 3.05) is 16.6 Å². The first-order valence-electron chi connectivity index (χ1n) is 6.40. The Kier molecular flexibility index (Phi) is 3.82. The van der Waals surface area contributed by atoms with Crippen LogP contribution in [-0.2, 0) is 12.8 Å². The summed E-state index contributed by atoms with van der Waals surface area (Å²) in [5.41, 5.74) is 13.7. The third-order valence-corrected chi connectivity index (χ3v) is 3.50. The largest absolute Gasteiger partial charge is 0.486 e. The number of pyridine rings is 1. The Balaban J connectivity index is 1.84. The lowest BCUT2D eigenvalue weighted by Gasteiger charge is -2.13. The van der Waals surface area contributed by atoms with Crippen LogP contribution in [-0.4, -0.2) is 4.98 Å². The second kappa shape index (κ2) is 5.67. The van der Waals surface area contributed by atoms with Crippen molar-refractivity contribution >= 4 is 28.9 Å². The van der Waals surface area contributed by atoms with Crippen LogP contribution in [0, 0.1) is 0 Å². The molecule has 0 fully saturated rings. The van der Waals surface area contributed by atoms with E-state index in [2.05, 4.69) is 21.4 Å². The number of hydrogen-bond acceptors (Lipinski definition) is 6. The predicted molar refractivity (Wildman–Crippen MR) is 79.8 cm³/mol. The summed E-state index contributed by atoms with van der Waals surface area (Å²) in [6.07, 6.45) is -4.45. The molecule has 1 aromatic carbocycles. The lowest BCUT2D eigenvalue weighted by atomic mass is 10.1. The highest BCUT2D eigenvalue weighted by molar-refractivity contribution is 6.31. The molecule has 6 nitrogen and oxygen atoms in total. The molecule has 0 radical (unpaired) electrons. The van der Waals surface area contributed by atoms with E-state index in [-0.39, 0.29) is 23.0 Å². The summed E-state index contributed by atoms with van der Waals surface area (Å²) in [5, 5.41) is 0.181. The average molecular weight is 346 g/mol. The number of hydrogen-bond donors (Lipinski definition) is 4. The van der Waals surface area contributed by atoms with Crippen molar-refractivity contribution in [1.82, 2.24) is 10.5 Å². The molecule has 1 aromatic heterocycles. The van der Waals surface area contributed by atoms with Crippen LogP contribution in [0.2, 0.25) is 5.02 Å². The molecule has 0 saturated heterocycles. The van der Waals surface area contributed by atoms with Crippen LogP contribution in [0.1, 0.15) is 11.1 Å². The summed E-state index contributed by atoms with van der Waals surface area (Å²) in [6.45, 7) is -0.152. The minimum Gasteiger partial charge on any atom is -0.486 e. The third-order valence-electron chi connectivity index (χ3n) is 3.13. The van der Waals surface area contributed by atoms with Crippen LogP contribution >= 0.6 is 11.6 Å². The van der Waals surface area contributed by atoms with Gasteiger partial charge in [-0.2, -0.15) is 13.2 Å². The lowest BCUT2D eigenvalue weighted by molar-refractivity contribution is -0.137.